The van der Waals surface area contributed by atoms with Crippen LogP contribution in [0.4, 0.5) is 0 Å². The zero-order chi connectivity index (χ0) is 37.0. The predicted molar refractivity (Wildman–Crippen MR) is 194 cm³/mol. The monoisotopic (exact) mass is 687 g/mol. The van der Waals surface area contributed by atoms with E-state index in [0.717, 1.165) is 24.8 Å². The summed E-state index contributed by atoms with van der Waals surface area (Å²) in [4.78, 5) is 57.8. The Bertz CT molecular complexity index is 1200. The van der Waals surface area contributed by atoms with Gasteiger partial charge in [-0.3, -0.25) is 19.2 Å². The minimum atomic E-state index is -0.739. The summed E-state index contributed by atoms with van der Waals surface area (Å²) in [5.74, 6) is -1.22. The van der Waals surface area contributed by atoms with E-state index in [4.69, 9.17) is 9.47 Å². The highest BCUT2D eigenvalue weighted by molar-refractivity contribution is 5.90. The van der Waals surface area contributed by atoms with Crippen LogP contribution in [0.25, 0.3) is 0 Å². The van der Waals surface area contributed by atoms with Crippen molar-refractivity contribution in [1.82, 2.24) is 25.8 Å². The molecule has 1 saturated heterocycles. The van der Waals surface area contributed by atoms with E-state index < -0.39 is 36.3 Å². The summed E-state index contributed by atoms with van der Waals surface area (Å²) in [5, 5.41) is 9.16. The van der Waals surface area contributed by atoms with Gasteiger partial charge in [0.05, 0.1) is 42.7 Å². The Labute approximate surface area is 295 Å². The summed E-state index contributed by atoms with van der Waals surface area (Å²) >= 11 is 0. The number of carbonyl (C=O) groups is 4. The Morgan fingerprint density at radius 3 is 1.98 bits per heavy atom. The molecule has 1 aliphatic heterocycles. The van der Waals surface area contributed by atoms with Gasteiger partial charge in [0.25, 0.3) is 0 Å². The molecule has 0 saturated carbocycles. The number of likely N-dealkylation sites (N-methyl/N-ethyl adjacent to an activating group) is 2. The number of rotatable bonds is 20. The van der Waals surface area contributed by atoms with E-state index in [-0.39, 0.29) is 59.9 Å². The highest BCUT2D eigenvalue weighted by Gasteiger charge is 2.44. The number of ether oxygens (including phenoxy) is 2. The van der Waals surface area contributed by atoms with Gasteiger partial charge in [-0.05, 0) is 50.1 Å². The summed E-state index contributed by atoms with van der Waals surface area (Å²) < 4.78 is 11.8. The van der Waals surface area contributed by atoms with Crippen molar-refractivity contribution in [3.8, 4) is 0 Å². The van der Waals surface area contributed by atoms with Crippen LogP contribution < -0.4 is 16.0 Å². The van der Waals surface area contributed by atoms with Gasteiger partial charge in [0.1, 0.15) is 6.04 Å². The van der Waals surface area contributed by atoms with Crippen LogP contribution in [0.5, 0.6) is 0 Å². The van der Waals surface area contributed by atoms with Gasteiger partial charge >= 0.3 is 0 Å². The lowest BCUT2D eigenvalue weighted by atomic mass is 9.86. The van der Waals surface area contributed by atoms with Crippen molar-refractivity contribution in [2.45, 2.75) is 123 Å². The number of hydrogen-bond acceptors (Lipinski definition) is 7. The fraction of sp³-hybridized carbons (Fsp3) is 0.737. The van der Waals surface area contributed by atoms with Crippen molar-refractivity contribution in [3.63, 3.8) is 0 Å². The van der Waals surface area contributed by atoms with Crippen LogP contribution in [0.3, 0.4) is 0 Å². The van der Waals surface area contributed by atoms with Crippen molar-refractivity contribution >= 4 is 23.6 Å². The normalized spacial score (nSPS) is 19.6. The first kappa shape index (κ1) is 42.1. The lowest BCUT2D eigenvalue weighted by Crippen LogP contribution is -2.62. The molecule has 0 spiro atoms. The number of methoxy groups -OCH3 is 2. The van der Waals surface area contributed by atoms with Crippen LogP contribution in [-0.4, -0.2) is 111 Å². The predicted octanol–water partition coefficient (Wildman–Crippen LogP) is 3.65. The number of benzene rings is 1. The van der Waals surface area contributed by atoms with Crippen molar-refractivity contribution in [3.05, 3.63) is 35.9 Å². The molecule has 1 fully saturated rings. The molecular formula is C38H65N5O6. The van der Waals surface area contributed by atoms with E-state index in [0.29, 0.717) is 6.54 Å². The molecule has 9 atom stereocenters. The van der Waals surface area contributed by atoms with Crippen molar-refractivity contribution in [2.24, 2.45) is 23.7 Å². The molecule has 2 rings (SSSR count). The van der Waals surface area contributed by atoms with Crippen LogP contribution in [0.2, 0.25) is 0 Å². The SMILES string of the molecule is CCC(C)[C@@H]([C@@H](CC(=O)N1CC[C@H]1[C@H](OC)[C@@H](C)C(=O)N[C@H](C)Cc1ccccc1)OC)N(C)C(=O)[C@@H](NC(=O)[C@@H](NC)C(C)C)C(C)C. The third-order valence-electron chi connectivity index (χ3n) is 10.3. The van der Waals surface area contributed by atoms with Crippen LogP contribution in [0, 0.1) is 23.7 Å². The largest absolute Gasteiger partial charge is 0.379 e. The molecule has 0 aromatic heterocycles. The van der Waals surface area contributed by atoms with Crippen LogP contribution in [0.15, 0.2) is 30.3 Å². The fourth-order valence-corrected chi connectivity index (χ4v) is 7.06. The molecule has 1 aliphatic rings. The maximum absolute atomic E-state index is 14.1. The second kappa shape index (κ2) is 20.0. The number of nitrogens with one attached hydrogen (secondary N) is 3. The minimum Gasteiger partial charge on any atom is -0.379 e. The van der Waals surface area contributed by atoms with E-state index in [1.54, 1.807) is 38.1 Å². The molecule has 1 heterocycles. The molecule has 1 unspecified atom stereocenters. The summed E-state index contributed by atoms with van der Waals surface area (Å²) in [6.07, 6.45) is 1.22. The Kier molecular flexibility index (Phi) is 17.2. The summed E-state index contributed by atoms with van der Waals surface area (Å²) in [5.41, 5.74) is 1.15. The first-order valence-electron chi connectivity index (χ1n) is 18.1. The van der Waals surface area contributed by atoms with E-state index in [1.165, 1.54) is 0 Å². The molecule has 11 nitrogen and oxygen atoms in total. The molecule has 49 heavy (non-hydrogen) atoms. The Morgan fingerprint density at radius 1 is 0.898 bits per heavy atom. The minimum absolute atomic E-state index is 0.0106. The zero-order valence-corrected chi connectivity index (χ0v) is 32.1. The van der Waals surface area contributed by atoms with Gasteiger partial charge in [-0.2, -0.15) is 0 Å². The second-order valence-corrected chi connectivity index (χ2v) is 14.6. The Morgan fingerprint density at radius 2 is 1.51 bits per heavy atom. The highest BCUT2D eigenvalue weighted by atomic mass is 16.5. The van der Waals surface area contributed by atoms with E-state index >= 15 is 0 Å². The average Bonchev–Trinajstić information content (AvgIpc) is 3.04. The van der Waals surface area contributed by atoms with Crippen LogP contribution >= 0.6 is 0 Å². The first-order valence-corrected chi connectivity index (χ1v) is 18.1. The molecule has 278 valence electrons. The topological polar surface area (TPSA) is 129 Å². The molecule has 1 aromatic rings. The van der Waals surface area contributed by atoms with Crippen molar-refractivity contribution < 1.29 is 28.7 Å². The van der Waals surface area contributed by atoms with Gasteiger partial charge in [0.15, 0.2) is 0 Å². The summed E-state index contributed by atoms with van der Waals surface area (Å²) in [6, 6.07) is 8.15. The van der Waals surface area contributed by atoms with Gasteiger partial charge in [-0.25, -0.2) is 0 Å². The molecule has 11 heteroatoms. The van der Waals surface area contributed by atoms with E-state index in [9.17, 15) is 19.2 Å². The Balaban J connectivity index is 2.17. The number of amides is 4. The lowest BCUT2D eigenvalue weighted by molar-refractivity contribution is -0.156. The Hall–Kier alpha value is -3.02. The molecule has 0 radical (unpaired) electrons. The molecule has 1 aromatic carbocycles. The smallest absolute Gasteiger partial charge is 0.245 e. The van der Waals surface area contributed by atoms with Gasteiger partial charge in [0, 0.05) is 33.9 Å². The van der Waals surface area contributed by atoms with Crippen LogP contribution in [0.1, 0.15) is 80.2 Å². The molecule has 0 bridgehead atoms. The molecule has 4 amide bonds. The molecule has 3 N–H and O–H groups in total. The molecular weight excluding hydrogens is 622 g/mol. The van der Waals surface area contributed by atoms with E-state index in [2.05, 4.69) is 22.9 Å². The quantitative estimate of drug-likeness (QED) is 0.191. The second-order valence-electron chi connectivity index (χ2n) is 14.6. The van der Waals surface area contributed by atoms with E-state index in [1.807, 2.05) is 78.8 Å². The third-order valence-corrected chi connectivity index (χ3v) is 10.3. The first-order chi connectivity index (χ1) is 23.1. The number of hydrogen-bond donors (Lipinski definition) is 3. The lowest BCUT2D eigenvalue weighted by Gasteiger charge is -2.47. The number of carbonyl (C=O) groups excluding carboxylic acids is 4. The van der Waals surface area contributed by atoms with Gasteiger partial charge in [0.2, 0.25) is 23.6 Å². The third kappa shape index (κ3) is 11.2. The van der Waals surface area contributed by atoms with Gasteiger partial charge in [-0.15, -0.1) is 0 Å². The fourth-order valence-electron chi connectivity index (χ4n) is 7.06. The summed E-state index contributed by atoms with van der Waals surface area (Å²) in [6.45, 7) is 16.2. The summed E-state index contributed by atoms with van der Waals surface area (Å²) in [7, 11) is 6.64. The molecule has 0 aliphatic carbocycles. The van der Waals surface area contributed by atoms with Gasteiger partial charge < -0.3 is 35.2 Å². The van der Waals surface area contributed by atoms with Gasteiger partial charge in [-0.1, -0.05) is 85.2 Å². The maximum Gasteiger partial charge on any atom is 0.245 e. The standard InChI is InChI=1S/C38H65N5O6/c1-13-25(6)34(42(10)38(47)33(24(4)5)41-37(46)32(39-9)23(2)3)30(48-11)22-31(44)43-20-19-29(43)35(49-12)27(8)36(45)40-26(7)21-28-17-15-14-16-18-28/h14-18,23-27,29-30,32-35,39H,13,19-22H2,1-12H3,(H,40,45)(H,41,46)/t25?,26-,27-,29+,30-,32+,33+,34+,35-/m1/s1. The zero-order valence-electron chi connectivity index (χ0n) is 32.1. The highest BCUT2D eigenvalue weighted by Crippen LogP contribution is 2.30. The number of likely N-dealkylation sites (tertiary alicyclic amines) is 1. The van der Waals surface area contributed by atoms with Crippen molar-refractivity contribution in [1.29, 1.82) is 0 Å². The maximum atomic E-state index is 14.1. The van der Waals surface area contributed by atoms with Crippen LogP contribution in [-0.2, 0) is 35.1 Å². The average molecular weight is 688 g/mol. The number of nitrogens with zero attached hydrogens (tertiary/aromatic N) is 2. The van der Waals surface area contributed by atoms with Crippen molar-refractivity contribution in [2.75, 3.05) is 34.9 Å².